The van der Waals surface area contributed by atoms with Crippen molar-refractivity contribution in [2.45, 2.75) is 13.3 Å². The number of hydrogen-bond donors (Lipinski definition) is 1. The number of halogens is 2. The first-order valence-electron chi connectivity index (χ1n) is 7.75. The van der Waals surface area contributed by atoms with Crippen LogP contribution in [0.1, 0.15) is 12.5 Å². The van der Waals surface area contributed by atoms with Crippen LogP contribution in [-0.4, -0.2) is 17.6 Å². The van der Waals surface area contributed by atoms with Crippen LogP contribution in [0.3, 0.4) is 0 Å². The summed E-state index contributed by atoms with van der Waals surface area (Å²) >= 11 is 9.47. The van der Waals surface area contributed by atoms with Crippen molar-refractivity contribution in [3.8, 4) is 11.1 Å². The molecular formula is C19H15BrClNO3. The van der Waals surface area contributed by atoms with Crippen LogP contribution in [-0.2, 0) is 16.0 Å². The highest BCUT2D eigenvalue weighted by Gasteiger charge is 2.10. The van der Waals surface area contributed by atoms with Crippen LogP contribution >= 0.6 is 27.5 Å². The van der Waals surface area contributed by atoms with E-state index in [1.807, 2.05) is 36.4 Å². The highest BCUT2D eigenvalue weighted by Crippen LogP contribution is 2.28. The van der Waals surface area contributed by atoms with Crippen LogP contribution in [0.2, 0.25) is 5.02 Å². The molecule has 25 heavy (non-hydrogen) atoms. The van der Waals surface area contributed by atoms with E-state index in [0.29, 0.717) is 22.7 Å². The number of benzene rings is 2. The summed E-state index contributed by atoms with van der Waals surface area (Å²) in [4.78, 5) is 27.0. The molecule has 2 aromatic carbocycles. The van der Waals surface area contributed by atoms with Gasteiger partial charge in [0.2, 0.25) is 0 Å². The van der Waals surface area contributed by atoms with E-state index in [9.17, 15) is 9.59 Å². The van der Waals surface area contributed by atoms with Gasteiger partial charge in [0, 0.05) is 20.9 Å². The fraction of sp³-hybridized carbons (Fsp3) is 0.158. The van der Waals surface area contributed by atoms with E-state index in [1.165, 1.54) is 0 Å². The first-order chi connectivity index (χ1) is 12.0. The third-order valence-corrected chi connectivity index (χ3v) is 4.97. The minimum absolute atomic E-state index is 0.175. The number of hydrogen-bond acceptors (Lipinski definition) is 3. The summed E-state index contributed by atoms with van der Waals surface area (Å²) in [5.41, 5.74) is 2.54. The van der Waals surface area contributed by atoms with Crippen LogP contribution in [0.15, 0.2) is 51.7 Å². The Morgan fingerprint density at radius 2 is 2.04 bits per heavy atom. The van der Waals surface area contributed by atoms with E-state index in [2.05, 4.69) is 20.9 Å². The number of aromatic amines is 1. The average molecular weight is 421 g/mol. The van der Waals surface area contributed by atoms with Gasteiger partial charge in [-0.1, -0.05) is 35.9 Å². The Labute approximate surface area is 157 Å². The van der Waals surface area contributed by atoms with Crippen LogP contribution in [0.4, 0.5) is 0 Å². The van der Waals surface area contributed by atoms with E-state index in [0.717, 1.165) is 21.0 Å². The fourth-order valence-corrected chi connectivity index (χ4v) is 3.17. The van der Waals surface area contributed by atoms with Crippen molar-refractivity contribution in [2.75, 3.05) is 6.61 Å². The van der Waals surface area contributed by atoms with Crippen LogP contribution < -0.4 is 5.56 Å². The molecule has 0 atom stereocenters. The maximum absolute atomic E-state index is 12.5. The molecule has 3 rings (SSSR count). The van der Waals surface area contributed by atoms with Crippen LogP contribution in [0.5, 0.6) is 0 Å². The Bertz CT molecular complexity index is 1010. The molecule has 128 valence electrons. The van der Waals surface area contributed by atoms with E-state index < -0.39 is 0 Å². The monoisotopic (exact) mass is 419 g/mol. The largest absolute Gasteiger partial charge is 0.466 e. The first-order valence-corrected chi connectivity index (χ1v) is 8.92. The van der Waals surface area contributed by atoms with Gasteiger partial charge in [-0.15, -0.1) is 0 Å². The van der Waals surface area contributed by atoms with Crippen molar-refractivity contribution >= 4 is 44.4 Å². The van der Waals surface area contributed by atoms with Crippen molar-refractivity contribution in [1.29, 1.82) is 0 Å². The Kier molecular flexibility index (Phi) is 5.25. The molecule has 0 aliphatic rings. The Hall–Kier alpha value is -2.11. The van der Waals surface area contributed by atoms with Crippen molar-refractivity contribution in [3.05, 3.63) is 67.9 Å². The lowest BCUT2D eigenvalue weighted by molar-refractivity contribution is -0.142. The molecule has 0 amide bonds. The molecule has 0 unspecified atom stereocenters. The van der Waals surface area contributed by atoms with Gasteiger partial charge in [-0.05, 0) is 52.2 Å². The van der Waals surface area contributed by atoms with Crippen molar-refractivity contribution in [1.82, 2.24) is 4.98 Å². The zero-order chi connectivity index (χ0) is 18.0. The lowest BCUT2D eigenvalue weighted by atomic mass is 10.0. The minimum atomic E-state index is -0.286. The van der Waals surface area contributed by atoms with Gasteiger partial charge >= 0.3 is 5.97 Å². The summed E-state index contributed by atoms with van der Waals surface area (Å²) in [7, 11) is 0. The Balaban J connectivity index is 2.04. The molecule has 4 nitrogen and oxygen atoms in total. The van der Waals surface area contributed by atoms with Gasteiger partial charge in [0.1, 0.15) is 0 Å². The first kappa shape index (κ1) is 17.7. The molecule has 0 aliphatic heterocycles. The Morgan fingerprint density at radius 3 is 2.80 bits per heavy atom. The lowest BCUT2D eigenvalue weighted by Crippen LogP contribution is -2.10. The van der Waals surface area contributed by atoms with Gasteiger partial charge in [-0.3, -0.25) is 9.59 Å². The van der Waals surface area contributed by atoms with E-state index in [-0.39, 0.29) is 17.9 Å². The number of nitrogens with one attached hydrogen (secondary N) is 1. The standard InChI is InChI=1S/C19H15BrClNO3/c1-2-25-18(23)7-11-4-3-5-12(6-11)14-8-13-9-15(20)16(21)10-17(13)22-19(14)24/h3-6,8-10H,2,7H2,1H3,(H,22,24). The molecule has 0 radical (unpaired) electrons. The van der Waals surface area contributed by atoms with E-state index in [4.69, 9.17) is 16.3 Å². The number of fused-ring (bicyclic) bond motifs is 1. The molecule has 0 saturated heterocycles. The zero-order valence-electron chi connectivity index (χ0n) is 13.4. The number of esters is 1. The summed E-state index contributed by atoms with van der Waals surface area (Å²) in [6.45, 7) is 2.12. The van der Waals surface area contributed by atoms with Crippen molar-refractivity contribution < 1.29 is 9.53 Å². The molecule has 0 spiro atoms. The number of carbonyl (C=O) groups excluding carboxylic acids is 1. The van der Waals surface area contributed by atoms with Crippen LogP contribution in [0, 0.1) is 0 Å². The molecular weight excluding hydrogens is 406 g/mol. The van der Waals surface area contributed by atoms with Gasteiger partial charge in [0.05, 0.1) is 18.1 Å². The molecule has 1 N–H and O–H groups in total. The molecule has 0 fully saturated rings. The van der Waals surface area contributed by atoms with E-state index in [1.54, 1.807) is 13.0 Å². The molecule has 0 saturated carbocycles. The number of rotatable bonds is 4. The maximum Gasteiger partial charge on any atom is 0.310 e. The second kappa shape index (κ2) is 7.42. The lowest BCUT2D eigenvalue weighted by Gasteiger charge is -2.07. The number of H-pyrrole nitrogens is 1. The minimum Gasteiger partial charge on any atom is -0.466 e. The maximum atomic E-state index is 12.5. The number of aromatic nitrogens is 1. The molecule has 0 bridgehead atoms. The van der Waals surface area contributed by atoms with Crippen molar-refractivity contribution in [2.24, 2.45) is 0 Å². The summed E-state index contributed by atoms with van der Waals surface area (Å²) in [6, 6.07) is 12.7. The highest BCUT2D eigenvalue weighted by molar-refractivity contribution is 9.10. The predicted molar refractivity (Wildman–Crippen MR) is 103 cm³/mol. The average Bonchev–Trinajstić information content (AvgIpc) is 2.56. The van der Waals surface area contributed by atoms with Gasteiger partial charge in [0.25, 0.3) is 5.56 Å². The molecule has 6 heteroatoms. The quantitative estimate of drug-likeness (QED) is 0.622. The summed E-state index contributed by atoms with van der Waals surface area (Å²) in [6.07, 6.45) is 0.175. The molecule has 0 aliphatic carbocycles. The fourth-order valence-electron chi connectivity index (χ4n) is 2.64. The SMILES string of the molecule is CCOC(=O)Cc1cccc(-c2cc3cc(Br)c(Cl)cc3[nH]c2=O)c1. The van der Waals surface area contributed by atoms with Crippen molar-refractivity contribution in [3.63, 3.8) is 0 Å². The topological polar surface area (TPSA) is 59.2 Å². The molecule has 1 heterocycles. The normalized spacial score (nSPS) is 10.8. The third kappa shape index (κ3) is 3.94. The van der Waals surface area contributed by atoms with Gasteiger partial charge < -0.3 is 9.72 Å². The second-order valence-corrected chi connectivity index (χ2v) is 6.81. The highest BCUT2D eigenvalue weighted by atomic mass is 79.9. The second-order valence-electron chi connectivity index (χ2n) is 5.55. The van der Waals surface area contributed by atoms with Crippen LogP contribution in [0.25, 0.3) is 22.0 Å². The number of carbonyl (C=O) groups is 1. The van der Waals surface area contributed by atoms with Gasteiger partial charge in [0.15, 0.2) is 0 Å². The number of ether oxygens (including phenoxy) is 1. The number of pyridine rings is 1. The summed E-state index contributed by atoms with van der Waals surface area (Å²) in [5, 5.41) is 1.40. The smallest absolute Gasteiger partial charge is 0.310 e. The zero-order valence-corrected chi connectivity index (χ0v) is 15.8. The Morgan fingerprint density at radius 1 is 1.24 bits per heavy atom. The van der Waals surface area contributed by atoms with E-state index >= 15 is 0 Å². The summed E-state index contributed by atoms with van der Waals surface area (Å²) in [5.74, 6) is -0.286. The van der Waals surface area contributed by atoms with Gasteiger partial charge in [-0.2, -0.15) is 0 Å². The predicted octanol–water partition coefficient (Wildman–Crippen LogP) is 4.72. The van der Waals surface area contributed by atoms with Gasteiger partial charge in [-0.25, -0.2) is 0 Å². The third-order valence-electron chi connectivity index (χ3n) is 3.78. The molecule has 1 aromatic heterocycles. The molecule has 3 aromatic rings. The summed E-state index contributed by atoms with van der Waals surface area (Å²) < 4.78 is 5.73.